The first kappa shape index (κ1) is 8.23. The normalized spacial score (nSPS) is 18.2. The average Bonchev–Trinajstić information content (AvgIpc) is 2.85. The van der Waals surface area contributed by atoms with Gasteiger partial charge in [-0.2, -0.15) is 0 Å². The lowest BCUT2D eigenvalue weighted by Crippen LogP contribution is -2.00. The molecule has 0 atom stereocenters. The van der Waals surface area contributed by atoms with E-state index in [1.54, 1.807) is 12.1 Å². The van der Waals surface area contributed by atoms with Gasteiger partial charge >= 0.3 is 0 Å². The Balaban J connectivity index is 2.38. The molecule has 0 aromatic heterocycles. The molecular weight excluding hydrogens is 166 g/mol. The molecule has 1 aromatic carbocycles. The summed E-state index contributed by atoms with van der Waals surface area (Å²) < 4.78 is 0. The molecule has 1 saturated carbocycles. The molecule has 0 radical (unpaired) electrons. The second-order valence-electron chi connectivity index (χ2n) is 3.87. The van der Waals surface area contributed by atoms with E-state index in [-0.39, 0.29) is 16.0 Å². The molecule has 1 aliphatic carbocycles. The zero-order valence-electron chi connectivity index (χ0n) is 7.49. The molecule has 0 unspecified atom stereocenters. The van der Waals surface area contributed by atoms with E-state index < -0.39 is 0 Å². The highest BCUT2D eigenvalue weighted by atomic mass is 16.6. The molecule has 0 saturated heterocycles. The topological polar surface area (TPSA) is 43.1 Å². The van der Waals surface area contributed by atoms with Gasteiger partial charge in [-0.15, -0.1) is 0 Å². The SMILES string of the molecule is CC1(c2cccc([N+](=O)[O-])c2)CC1. The Bertz CT molecular complexity index is 356. The maximum atomic E-state index is 10.5. The Kier molecular flexibility index (Phi) is 1.62. The van der Waals surface area contributed by atoms with Crippen LogP contribution in [0.5, 0.6) is 0 Å². The highest BCUT2D eigenvalue weighted by Gasteiger charge is 2.39. The molecule has 0 spiro atoms. The van der Waals surface area contributed by atoms with Gasteiger partial charge in [0.15, 0.2) is 0 Å². The third kappa shape index (κ3) is 1.41. The van der Waals surface area contributed by atoms with Gasteiger partial charge in [-0.3, -0.25) is 10.1 Å². The Hall–Kier alpha value is -1.38. The number of benzene rings is 1. The summed E-state index contributed by atoms with van der Waals surface area (Å²) in [7, 11) is 0. The third-order valence-electron chi connectivity index (χ3n) is 2.75. The number of non-ortho nitro benzene ring substituents is 1. The molecule has 0 amide bonds. The highest BCUT2D eigenvalue weighted by Crippen LogP contribution is 2.47. The maximum Gasteiger partial charge on any atom is 0.269 e. The fraction of sp³-hybridized carbons (Fsp3) is 0.400. The fourth-order valence-electron chi connectivity index (χ4n) is 1.47. The van der Waals surface area contributed by atoms with E-state index in [4.69, 9.17) is 0 Å². The number of nitro groups is 1. The van der Waals surface area contributed by atoms with Crippen molar-refractivity contribution in [1.82, 2.24) is 0 Å². The molecule has 0 bridgehead atoms. The minimum Gasteiger partial charge on any atom is -0.258 e. The largest absolute Gasteiger partial charge is 0.269 e. The van der Waals surface area contributed by atoms with Gasteiger partial charge in [0.05, 0.1) is 4.92 Å². The monoisotopic (exact) mass is 177 g/mol. The number of hydrogen-bond donors (Lipinski definition) is 0. The van der Waals surface area contributed by atoms with Gasteiger partial charge in [0, 0.05) is 12.1 Å². The summed E-state index contributed by atoms with van der Waals surface area (Å²) in [6.07, 6.45) is 2.29. The van der Waals surface area contributed by atoms with E-state index in [1.807, 2.05) is 6.07 Å². The number of rotatable bonds is 2. The fourth-order valence-corrected chi connectivity index (χ4v) is 1.47. The van der Waals surface area contributed by atoms with E-state index in [2.05, 4.69) is 6.92 Å². The summed E-state index contributed by atoms with van der Waals surface area (Å²) >= 11 is 0. The quantitative estimate of drug-likeness (QED) is 0.514. The molecular formula is C10H11NO2. The van der Waals surface area contributed by atoms with Crippen molar-refractivity contribution in [3.05, 3.63) is 39.9 Å². The Labute approximate surface area is 76.5 Å². The number of nitro benzene ring substituents is 1. The van der Waals surface area contributed by atoms with Crippen LogP contribution in [0.25, 0.3) is 0 Å². The van der Waals surface area contributed by atoms with Crippen LogP contribution in [0, 0.1) is 10.1 Å². The molecule has 1 aliphatic rings. The zero-order valence-corrected chi connectivity index (χ0v) is 7.49. The zero-order chi connectivity index (χ0) is 9.47. The lowest BCUT2D eigenvalue weighted by atomic mass is 9.98. The van der Waals surface area contributed by atoms with Crippen LogP contribution in [0.2, 0.25) is 0 Å². The van der Waals surface area contributed by atoms with E-state index in [1.165, 1.54) is 6.07 Å². The summed E-state index contributed by atoms with van der Waals surface area (Å²) in [6.45, 7) is 2.14. The van der Waals surface area contributed by atoms with E-state index in [0.717, 1.165) is 18.4 Å². The van der Waals surface area contributed by atoms with Crippen LogP contribution in [-0.2, 0) is 5.41 Å². The molecule has 3 nitrogen and oxygen atoms in total. The van der Waals surface area contributed by atoms with Gasteiger partial charge < -0.3 is 0 Å². The second kappa shape index (κ2) is 2.55. The van der Waals surface area contributed by atoms with Crippen LogP contribution >= 0.6 is 0 Å². The summed E-state index contributed by atoms with van der Waals surface area (Å²) in [6, 6.07) is 6.96. The smallest absolute Gasteiger partial charge is 0.258 e. The summed E-state index contributed by atoms with van der Waals surface area (Å²) in [5.41, 5.74) is 1.51. The van der Waals surface area contributed by atoms with E-state index >= 15 is 0 Å². The van der Waals surface area contributed by atoms with Crippen LogP contribution in [0.1, 0.15) is 25.3 Å². The van der Waals surface area contributed by atoms with Crippen LogP contribution in [-0.4, -0.2) is 4.92 Å². The van der Waals surface area contributed by atoms with Gasteiger partial charge in [-0.05, 0) is 23.8 Å². The van der Waals surface area contributed by atoms with Crippen LogP contribution in [0.4, 0.5) is 5.69 Å². The van der Waals surface area contributed by atoms with E-state index in [9.17, 15) is 10.1 Å². The molecule has 13 heavy (non-hydrogen) atoms. The van der Waals surface area contributed by atoms with Gasteiger partial charge in [-0.1, -0.05) is 19.1 Å². The van der Waals surface area contributed by atoms with Gasteiger partial charge in [0.2, 0.25) is 0 Å². The van der Waals surface area contributed by atoms with Crippen molar-refractivity contribution in [1.29, 1.82) is 0 Å². The van der Waals surface area contributed by atoms with Crippen molar-refractivity contribution >= 4 is 5.69 Å². The molecule has 3 heteroatoms. The third-order valence-corrected chi connectivity index (χ3v) is 2.75. The van der Waals surface area contributed by atoms with Gasteiger partial charge in [0.1, 0.15) is 0 Å². The van der Waals surface area contributed by atoms with Crippen molar-refractivity contribution in [2.45, 2.75) is 25.2 Å². The van der Waals surface area contributed by atoms with Crippen molar-refractivity contribution in [3.63, 3.8) is 0 Å². The van der Waals surface area contributed by atoms with Crippen molar-refractivity contribution in [2.24, 2.45) is 0 Å². The number of hydrogen-bond acceptors (Lipinski definition) is 2. The van der Waals surface area contributed by atoms with Crippen LogP contribution < -0.4 is 0 Å². The summed E-state index contributed by atoms with van der Waals surface area (Å²) in [4.78, 5) is 10.2. The standard InChI is InChI=1S/C10H11NO2/c1-10(5-6-10)8-3-2-4-9(7-8)11(12)13/h2-4,7H,5-6H2,1H3. The van der Waals surface area contributed by atoms with Crippen LogP contribution in [0.15, 0.2) is 24.3 Å². The average molecular weight is 177 g/mol. The second-order valence-corrected chi connectivity index (χ2v) is 3.87. The molecule has 0 aliphatic heterocycles. The first-order valence-electron chi connectivity index (χ1n) is 4.37. The summed E-state index contributed by atoms with van der Waals surface area (Å²) in [5.74, 6) is 0. The Morgan fingerprint density at radius 3 is 2.69 bits per heavy atom. The lowest BCUT2D eigenvalue weighted by Gasteiger charge is -2.06. The first-order chi connectivity index (χ1) is 6.12. The molecule has 2 rings (SSSR count). The molecule has 1 aromatic rings. The lowest BCUT2D eigenvalue weighted by molar-refractivity contribution is -0.384. The minimum atomic E-state index is -0.338. The van der Waals surface area contributed by atoms with Crippen LogP contribution in [0.3, 0.4) is 0 Å². The summed E-state index contributed by atoms with van der Waals surface area (Å²) in [5, 5.41) is 10.5. The van der Waals surface area contributed by atoms with Crippen molar-refractivity contribution in [2.75, 3.05) is 0 Å². The van der Waals surface area contributed by atoms with Gasteiger partial charge in [-0.25, -0.2) is 0 Å². The minimum absolute atomic E-state index is 0.200. The molecule has 0 N–H and O–H groups in total. The first-order valence-corrected chi connectivity index (χ1v) is 4.37. The predicted octanol–water partition coefficient (Wildman–Crippen LogP) is 2.65. The highest BCUT2D eigenvalue weighted by molar-refractivity contribution is 5.40. The Morgan fingerprint density at radius 2 is 2.15 bits per heavy atom. The Morgan fingerprint density at radius 1 is 1.46 bits per heavy atom. The maximum absolute atomic E-state index is 10.5. The van der Waals surface area contributed by atoms with Crippen molar-refractivity contribution in [3.8, 4) is 0 Å². The van der Waals surface area contributed by atoms with Gasteiger partial charge in [0.25, 0.3) is 5.69 Å². The molecule has 1 fully saturated rings. The molecule has 68 valence electrons. The molecule has 0 heterocycles. The van der Waals surface area contributed by atoms with Crippen molar-refractivity contribution < 1.29 is 4.92 Å². The predicted molar refractivity (Wildman–Crippen MR) is 49.7 cm³/mol. The number of nitrogens with zero attached hydrogens (tertiary/aromatic N) is 1. The van der Waals surface area contributed by atoms with E-state index in [0.29, 0.717) is 0 Å².